The third-order valence-corrected chi connectivity index (χ3v) is 2.22. The first-order chi connectivity index (χ1) is 6.70. The van der Waals surface area contributed by atoms with Gasteiger partial charge in [0, 0.05) is 6.42 Å². The molecule has 2 aromatic rings. The maximum absolute atomic E-state index is 11.4. The number of H-pyrrole nitrogens is 1. The summed E-state index contributed by atoms with van der Waals surface area (Å²) in [6.07, 6.45) is 0.485. The molecule has 1 heterocycles. The molecule has 0 atom stereocenters. The molecule has 3 nitrogen and oxygen atoms in total. The summed E-state index contributed by atoms with van der Waals surface area (Å²) in [4.78, 5) is 18.6. The number of carbonyl (C=O) groups excluding carboxylic acids is 1. The molecule has 1 aromatic heterocycles. The minimum Gasteiger partial charge on any atom is -0.335 e. The first-order valence-corrected chi connectivity index (χ1v) is 4.70. The number of imidazole rings is 1. The van der Waals surface area contributed by atoms with Crippen molar-refractivity contribution in [3.63, 3.8) is 0 Å². The van der Waals surface area contributed by atoms with Crippen molar-refractivity contribution in [1.29, 1.82) is 0 Å². The number of Topliss-reactive ketones (excluding diaryl/α,β-unsaturated/α-hetero) is 1. The summed E-state index contributed by atoms with van der Waals surface area (Å²) in [6.45, 7) is 3.85. The molecule has 0 saturated heterocycles. The van der Waals surface area contributed by atoms with Crippen molar-refractivity contribution in [3.05, 3.63) is 29.6 Å². The fourth-order valence-corrected chi connectivity index (χ4v) is 1.42. The number of aromatic amines is 1. The number of aromatic nitrogens is 2. The smallest absolute Gasteiger partial charge is 0.197 e. The molecule has 0 aliphatic heterocycles. The Morgan fingerprint density at radius 2 is 2.29 bits per heavy atom. The number of benzene rings is 1. The highest BCUT2D eigenvalue weighted by Gasteiger charge is 2.08. The summed E-state index contributed by atoms with van der Waals surface area (Å²) in [6, 6.07) is 5.91. The molecule has 2 rings (SSSR count). The Kier molecular flexibility index (Phi) is 2.08. The number of nitrogens with zero attached hydrogens (tertiary/aromatic N) is 1. The SMILES string of the molecule is CCC(=O)c1nc2ccc(C)cc2[nH]1. The number of hydrogen-bond donors (Lipinski definition) is 1. The van der Waals surface area contributed by atoms with E-state index in [2.05, 4.69) is 9.97 Å². The zero-order valence-electron chi connectivity index (χ0n) is 8.29. The van der Waals surface area contributed by atoms with Gasteiger partial charge in [-0.15, -0.1) is 0 Å². The van der Waals surface area contributed by atoms with E-state index in [9.17, 15) is 4.79 Å². The predicted octanol–water partition coefficient (Wildman–Crippen LogP) is 2.46. The van der Waals surface area contributed by atoms with E-state index in [1.54, 1.807) is 0 Å². The highest BCUT2D eigenvalue weighted by molar-refractivity contribution is 5.95. The Hall–Kier alpha value is -1.64. The molecular formula is C11H12N2O. The van der Waals surface area contributed by atoms with E-state index >= 15 is 0 Å². The Bertz CT molecular complexity index is 485. The minimum absolute atomic E-state index is 0.0545. The molecule has 72 valence electrons. The van der Waals surface area contributed by atoms with Crippen LogP contribution in [0.1, 0.15) is 29.5 Å². The molecule has 0 aliphatic carbocycles. The molecule has 14 heavy (non-hydrogen) atoms. The van der Waals surface area contributed by atoms with E-state index in [1.807, 2.05) is 32.0 Å². The molecule has 0 aliphatic rings. The van der Waals surface area contributed by atoms with Crippen LogP contribution in [0.3, 0.4) is 0 Å². The van der Waals surface area contributed by atoms with Gasteiger partial charge in [0.2, 0.25) is 0 Å². The van der Waals surface area contributed by atoms with Crippen molar-refractivity contribution in [1.82, 2.24) is 9.97 Å². The van der Waals surface area contributed by atoms with Gasteiger partial charge in [-0.3, -0.25) is 4.79 Å². The van der Waals surface area contributed by atoms with Gasteiger partial charge in [-0.25, -0.2) is 4.98 Å². The number of rotatable bonds is 2. The number of hydrogen-bond acceptors (Lipinski definition) is 2. The number of ketones is 1. The zero-order chi connectivity index (χ0) is 10.1. The lowest BCUT2D eigenvalue weighted by Gasteiger charge is -1.89. The molecule has 0 bridgehead atoms. The van der Waals surface area contributed by atoms with Gasteiger partial charge in [-0.05, 0) is 24.6 Å². The molecule has 3 heteroatoms. The summed E-state index contributed by atoms with van der Waals surface area (Å²) in [5, 5.41) is 0. The first-order valence-electron chi connectivity index (χ1n) is 4.70. The topological polar surface area (TPSA) is 45.8 Å². The number of nitrogens with one attached hydrogen (secondary N) is 1. The monoisotopic (exact) mass is 188 g/mol. The number of carbonyl (C=O) groups is 1. The van der Waals surface area contributed by atoms with Crippen LogP contribution in [0.4, 0.5) is 0 Å². The van der Waals surface area contributed by atoms with Crippen molar-refractivity contribution < 1.29 is 4.79 Å². The van der Waals surface area contributed by atoms with Gasteiger partial charge < -0.3 is 4.98 Å². The Balaban J connectivity index is 2.56. The van der Waals surface area contributed by atoms with Crippen molar-refractivity contribution in [2.75, 3.05) is 0 Å². The van der Waals surface area contributed by atoms with E-state index in [0.29, 0.717) is 12.2 Å². The van der Waals surface area contributed by atoms with Gasteiger partial charge in [0.1, 0.15) is 0 Å². The number of aryl methyl sites for hydroxylation is 1. The molecule has 0 radical (unpaired) electrons. The first kappa shape index (κ1) is 8.94. The quantitative estimate of drug-likeness (QED) is 0.736. The molecule has 1 aromatic carbocycles. The summed E-state index contributed by atoms with van der Waals surface area (Å²) in [7, 11) is 0. The third kappa shape index (κ3) is 1.41. The lowest BCUT2D eigenvalue weighted by Crippen LogP contribution is -1.98. The van der Waals surface area contributed by atoms with Crippen LogP contribution in [-0.2, 0) is 0 Å². The molecule has 0 amide bonds. The second-order valence-corrected chi connectivity index (χ2v) is 3.38. The van der Waals surface area contributed by atoms with Crippen LogP contribution in [0.15, 0.2) is 18.2 Å². The molecule has 0 fully saturated rings. The summed E-state index contributed by atoms with van der Waals surface area (Å²) < 4.78 is 0. The summed E-state index contributed by atoms with van der Waals surface area (Å²) in [5.74, 6) is 0.520. The average molecular weight is 188 g/mol. The van der Waals surface area contributed by atoms with Crippen molar-refractivity contribution in [3.8, 4) is 0 Å². The van der Waals surface area contributed by atoms with Crippen LogP contribution in [0, 0.1) is 6.92 Å². The van der Waals surface area contributed by atoms with Crippen LogP contribution in [-0.4, -0.2) is 15.8 Å². The van der Waals surface area contributed by atoms with Crippen molar-refractivity contribution >= 4 is 16.8 Å². The van der Waals surface area contributed by atoms with Crippen LogP contribution >= 0.6 is 0 Å². The third-order valence-electron chi connectivity index (χ3n) is 2.22. The molecule has 1 N–H and O–H groups in total. The van der Waals surface area contributed by atoms with E-state index in [1.165, 1.54) is 0 Å². The van der Waals surface area contributed by atoms with Gasteiger partial charge >= 0.3 is 0 Å². The van der Waals surface area contributed by atoms with E-state index in [-0.39, 0.29) is 5.78 Å². The van der Waals surface area contributed by atoms with Gasteiger partial charge in [0.05, 0.1) is 11.0 Å². The second-order valence-electron chi connectivity index (χ2n) is 3.38. The minimum atomic E-state index is 0.0545. The van der Waals surface area contributed by atoms with Gasteiger partial charge in [0.25, 0.3) is 0 Å². The summed E-state index contributed by atoms with van der Waals surface area (Å²) >= 11 is 0. The van der Waals surface area contributed by atoms with E-state index in [0.717, 1.165) is 16.6 Å². The van der Waals surface area contributed by atoms with E-state index in [4.69, 9.17) is 0 Å². The number of fused-ring (bicyclic) bond motifs is 1. The predicted molar refractivity (Wildman–Crippen MR) is 55.5 cm³/mol. The molecular weight excluding hydrogens is 176 g/mol. The molecule has 0 saturated carbocycles. The maximum Gasteiger partial charge on any atom is 0.197 e. The fourth-order valence-electron chi connectivity index (χ4n) is 1.42. The van der Waals surface area contributed by atoms with Crippen LogP contribution in [0.2, 0.25) is 0 Å². The van der Waals surface area contributed by atoms with Crippen LogP contribution < -0.4 is 0 Å². The average Bonchev–Trinajstić information content (AvgIpc) is 2.59. The molecule has 0 unspecified atom stereocenters. The fraction of sp³-hybridized carbons (Fsp3) is 0.273. The Morgan fingerprint density at radius 1 is 1.50 bits per heavy atom. The van der Waals surface area contributed by atoms with Crippen molar-refractivity contribution in [2.45, 2.75) is 20.3 Å². The standard InChI is InChI=1S/C11H12N2O/c1-3-10(14)11-12-8-5-4-7(2)6-9(8)13-11/h4-6H,3H2,1-2H3,(H,12,13). The lowest BCUT2D eigenvalue weighted by molar-refractivity contribution is 0.0979. The second kappa shape index (κ2) is 3.25. The highest BCUT2D eigenvalue weighted by Crippen LogP contribution is 2.13. The van der Waals surface area contributed by atoms with Crippen LogP contribution in [0.5, 0.6) is 0 Å². The lowest BCUT2D eigenvalue weighted by atomic mass is 10.2. The Labute approximate surface area is 82.2 Å². The highest BCUT2D eigenvalue weighted by atomic mass is 16.1. The van der Waals surface area contributed by atoms with Crippen molar-refractivity contribution in [2.24, 2.45) is 0 Å². The zero-order valence-corrected chi connectivity index (χ0v) is 8.29. The van der Waals surface area contributed by atoms with Crippen LogP contribution in [0.25, 0.3) is 11.0 Å². The van der Waals surface area contributed by atoms with Gasteiger partial charge in [-0.2, -0.15) is 0 Å². The largest absolute Gasteiger partial charge is 0.335 e. The van der Waals surface area contributed by atoms with Gasteiger partial charge in [-0.1, -0.05) is 13.0 Å². The summed E-state index contributed by atoms with van der Waals surface area (Å²) in [5.41, 5.74) is 2.95. The Morgan fingerprint density at radius 3 is 3.00 bits per heavy atom. The normalized spacial score (nSPS) is 10.7. The van der Waals surface area contributed by atoms with Gasteiger partial charge in [0.15, 0.2) is 11.6 Å². The molecule has 0 spiro atoms. The van der Waals surface area contributed by atoms with E-state index < -0.39 is 0 Å². The maximum atomic E-state index is 11.4.